The van der Waals surface area contributed by atoms with E-state index in [1.54, 1.807) is 6.07 Å². The third-order valence-electron chi connectivity index (χ3n) is 4.53. The highest BCUT2D eigenvalue weighted by molar-refractivity contribution is 6.30. The maximum atomic E-state index is 13.3. The Balaban J connectivity index is 0.00000196. The van der Waals surface area contributed by atoms with E-state index in [4.69, 9.17) is 21.1 Å². The second-order valence-corrected chi connectivity index (χ2v) is 6.54. The number of nitrogens with one attached hydrogen (secondary N) is 1. The van der Waals surface area contributed by atoms with Crippen molar-refractivity contribution >= 4 is 29.9 Å². The Morgan fingerprint density at radius 2 is 1.96 bits per heavy atom. The highest BCUT2D eigenvalue weighted by Gasteiger charge is 2.31. The number of carbonyl (C=O) groups excluding carboxylic acids is 1. The van der Waals surface area contributed by atoms with Crippen LogP contribution in [0, 0.1) is 0 Å². The lowest BCUT2D eigenvalue weighted by Crippen LogP contribution is -2.48. The largest absolute Gasteiger partial charge is 0.486 e. The van der Waals surface area contributed by atoms with Crippen molar-refractivity contribution in [1.29, 1.82) is 0 Å². The lowest BCUT2D eigenvalue weighted by atomic mass is 10.0. The molecule has 0 radical (unpaired) electrons. The molecule has 1 atom stereocenters. The molecule has 0 bridgehead atoms. The van der Waals surface area contributed by atoms with Crippen LogP contribution in [0.1, 0.15) is 22.0 Å². The van der Waals surface area contributed by atoms with Crippen molar-refractivity contribution < 1.29 is 14.3 Å². The molecule has 0 aromatic heterocycles. The highest BCUT2D eigenvalue weighted by atomic mass is 35.5. The molecular weight excluding hydrogens is 375 g/mol. The van der Waals surface area contributed by atoms with Gasteiger partial charge in [-0.15, -0.1) is 12.4 Å². The normalized spacial score (nSPS) is 18.8. The number of para-hydroxylation sites is 1. The third-order valence-corrected chi connectivity index (χ3v) is 4.77. The first-order valence-electron chi connectivity index (χ1n) is 8.40. The SMILES string of the molecule is Cl.O=C(c1cccc2c1OCCO2)N1CCNCC1c1cccc(Cl)c1. The van der Waals surface area contributed by atoms with Gasteiger partial charge in [0.2, 0.25) is 0 Å². The number of halogens is 2. The summed E-state index contributed by atoms with van der Waals surface area (Å²) in [5.74, 6) is 1.13. The van der Waals surface area contributed by atoms with Crippen molar-refractivity contribution in [3.63, 3.8) is 0 Å². The first-order valence-corrected chi connectivity index (χ1v) is 8.77. The molecule has 7 heteroatoms. The average Bonchev–Trinajstić information content (AvgIpc) is 2.67. The number of rotatable bonds is 2. The van der Waals surface area contributed by atoms with Gasteiger partial charge < -0.3 is 19.7 Å². The lowest BCUT2D eigenvalue weighted by molar-refractivity contribution is 0.0624. The Morgan fingerprint density at radius 3 is 2.81 bits per heavy atom. The van der Waals surface area contributed by atoms with Gasteiger partial charge in [-0.2, -0.15) is 0 Å². The first-order chi connectivity index (χ1) is 12.2. The number of hydrogen-bond donors (Lipinski definition) is 1. The molecule has 0 saturated carbocycles. The van der Waals surface area contributed by atoms with Crippen LogP contribution in [0.5, 0.6) is 11.5 Å². The van der Waals surface area contributed by atoms with Crippen LogP contribution in [0.4, 0.5) is 0 Å². The van der Waals surface area contributed by atoms with Crippen LogP contribution in [0.15, 0.2) is 42.5 Å². The molecule has 2 heterocycles. The van der Waals surface area contributed by atoms with E-state index in [0.29, 0.717) is 48.4 Å². The van der Waals surface area contributed by atoms with E-state index in [0.717, 1.165) is 12.1 Å². The highest BCUT2D eigenvalue weighted by Crippen LogP contribution is 2.36. The molecule has 5 nitrogen and oxygen atoms in total. The number of carbonyl (C=O) groups is 1. The smallest absolute Gasteiger partial charge is 0.258 e. The van der Waals surface area contributed by atoms with Gasteiger partial charge in [0.15, 0.2) is 11.5 Å². The molecule has 1 fully saturated rings. The minimum absolute atomic E-state index is 0. The molecule has 1 saturated heterocycles. The number of fused-ring (bicyclic) bond motifs is 1. The number of benzene rings is 2. The van der Waals surface area contributed by atoms with E-state index in [-0.39, 0.29) is 24.4 Å². The molecule has 2 aliphatic heterocycles. The van der Waals surface area contributed by atoms with Crippen molar-refractivity contribution in [3.05, 3.63) is 58.6 Å². The van der Waals surface area contributed by atoms with Gasteiger partial charge in [-0.3, -0.25) is 4.79 Å². The molecule has 0 spiro atoms. The number of amides is 1. The van der Waals surface area contributed by atoms with Gasteiger partial charge >= 0.3 is 0 Å². The standard InChI is InChI=1S/C19H19ClN2O3.ClH/c20-14-4-1-3-13(11-14)16-12-21-7-8-22(16)19(23)15-5-2-6-17-18(15)25-10-9-24-17;/h1-6,11,16,21H,7-10,12H2;1H. The fourth-order valence-electron chi connectivity index (χ4n) is 3.36. The zero-order chi connectivity index (χ0) is 17.2. The summed E-state index contributed by atoms with van der Waals surface area (Å²) < 4.78 is 11.3. The quantitative estimate of drug-likeness (QED) is 0.848. The van der Waals surface area contributed by atoms with Crippen LogP contribution < -0.4 is 14.8 Å². The third kappa shape index (κ3) is 3.61. The summed E-state index contributed by atoms with van der Waals surface area (Å²) in [5.41, 5.74) is 1.57. The van der Waals surface area contributed by atoms with E-state index in [2.05, 4.69) is 5.32 Å². The molecule has 2 aromatic carbocycles. The van der Waals surface area contributed by atoms with E-state index < -0.39 is 0 Å². The van der Waals surface area contributed by atoms with Crippen LogP contribution >= 0.6 is 24.0 Å². The Kier molecular flexibility index (Phi) is 5.91. The van der Waals surface area contributed by atoms with Gasteiger partial charge in [0.05, 0.1) is 11.6 Å². The van der Waals surface area contributed by atoms with Gasteiger partial charge in [0.1, 0.15) is 13.2 Å². The predicted molar refractivity (Wildman–Crippen MR) is 103 cm³/mol. The van der Waals surface area contributed by atoms with Gasteiger partial charge in [0.25, 0.3) is 5.91 Å². The maximum absolute atomic E-state index is 13.3. The summed E-state index contributed by atoms with van der Waals surface area (Å²) in [4.78, 5) is 15.2. The molecular formula is C19H20Cl2N2O3. The summed E-state index contributed by atoms with van der Waals surface area (Å²) in [6.07, 6.45) is 0. The van der Waals surface area contributed by atoms with Crippen molar-refractivity contribution in [2.24, 2.45) is 0 Å². The zero-order valence-electron chi connectivity index (χ0n) is 14.1. The Hall–Kier alpha value is -1.95. The number of hydrogen-bond acceptors (Lipinski definition) is 4. The molecule has 1 unspecified atom stereocenters. The number of nitrogens with zero attached hydrogens (tertiary/aromatic N) is 1. The summed E-state index contributed by atoms with van der Waals surface area (Å²) in [5, 5.41) is 4.03. The Labute approximate surface area is 163 Å². The predicted octanol–water partition coefficient (Wildman–Crippen LogP) is 3.32. The summed E-state index contributed by atoms with van der Waals surface area (Å²) in [7, 11) is 0. The minimum atomic E-state index is -0.0692. The van der Waals surface area contributed by atoms with Crippen molar-refractivity contribution in [2.75, 3.05) is 32.8 Å². The number of piperazine rings is 1. The first kappa shape index (κ1) is 18.8. The van der Waals surface area contributed by atoms with Gasteiger partial charge in [-0.05, 0) is 29.8 Å². The zero-order valence-corrected chi connectivity index (χ0v) is 15.7. The van der Waals surface area contributed by atoms with E-state index in [1.807, 2.05) is 41.3 Å². The molecule has 1 N–H and O–H groups in total. The molecule has 138 valence electrons. The van der Waals surface area contributed by atoms with Crippen LogP contribution in [0.2, 0.25) is 5.02 Å². The average molecular weight is 395 g/mol. The van der Waals surface area contributed by atoms with Gasteiger partial charge in [0, 0.05) is 24.7 Å². The van der Waals surface area contributed by atoms with Crippen LogP contribution in [0.25, 0.3) is 0 Å². The minimum Gasteiger partial charge on any atom is -0.486 e. The molecule has 26 heavy (non-hydrogen) atoms. The van der Waals surface area contributed by atoms with E-state index in [9.17, 15) is 4.79 Å². The Morgan fingerprint density at radius 1 is 1.15 bits per heavy atom. The maximum Gasteiger partial charge on any atom is 0.258 e. The lowest BCUT2D eigenvalue weighted by Gasteiger charge is -2.37. The van der Waals surface area contributed by atoms with Crippen LogP contribution in [0.3, 0.4) is 0 Å². The molecule has 2 aromatic rings. The van der Waals surface area contributed by atoms with Crippen LogP contribution in [-0.2, 0) is 0 Å². The molecule has 1 amide bonds. The van der Waals surface area contributed by atoms with E-state index in [1.165, 1.54) is 0 Å². The second-order valence-electron chi connectivity index (χ2n) is 6.10. The van der Waals surface area contributed by atoms with Gasteiger partial charge in [-0.1, -0.05) is 29.8 Å². The summed E-state index contributed by atoms with van der Waals surface area (Å²) in [6, 6.07) is 13.1. The molecule has 2 aliphatic rings. The fourth-order valence-corrected chi connectivity index (χ4v) is 3.55. The molecule has 4 rings (SSSR count). The van der Waals surface area contributed by atoms with Crippen molar-refractivity contribution in [1.82, 2.24) is 10.2 Å². The van der Waals surface area contributed by atoms with E-state index >= 15 is 0 Å². The molecule has 0 aliphatic carbocycles. The summed E-state index contributed by atoms with van der Waals surface area (Å²) in [6.45, 7) is 3.04. The fraction of sp³-hybridized carbons (Fsp3) is 0.316. The van der Waals surface area contributed by atoms with Crippen molar-refractivity contribution in [2.45, 2.75) is 6.04 Å². The number of ether oxygens (including phenoxy) is 2. The van der Waals surface area contributed by atoms with Crippen molar-refractivity contribution in [3.8, 4) is 11.5 Å². The Bertz CT molecular complexity index is 800. The second kappa shape index (κ2) is 8.16. The van der Waals surface area contributed by atoms with Crippen LogP contribution in [-0.4, -0.2) is 43.7 Å². The van der Waals surface area contributed by atoms with Gasteiger partial charge in [-0.25, -0.2) is 0 Å². The topological polar surface area (TPSA) is 50.8 Å². The monoisotopic (exact) mass is 394 g/mol. The summed E-state index contributed by atoms with van der Waals surface area (Å²) >= 11 is 6.14.